The van der Waals surface area contributed by atoms with E-state index in [0.717, 1.165) is 30.2 Å². The summed E-state index contributed by atoms with van der Waals surface area (Å²) in [5.41, 5.74) is 1.64. The number of sulfone groups is 1. The van der Waals surface area contributed by atoms with Gasteiger partial charge >= 0.3 is 5.97 Å². The molecule has 1 aromatic carbocycles. The molecule has 0 bridgehead atoms. The number of rotatable bonds is 6. The van der Waals surface area contributed by atoms with Gasteiger partial charge in [0.2, 0.25) is 0 Å². The molecule has 1 aromatic rings. The molecule has 0 unspecified atom stereocenters. The second-order valence-corrected chi connectivity index (χ2v) is 6.39. The highest BCUT2D eigenvalue weighted by Crippen LogP contribution is 2.23. The lowest BCUT2D eigenvalue weighted by Gasteiger charge is -2.08. The summed E-state index contributed by atoms with van der Waals surface area (Å²) in [4.78, 5) is 10.9. The normalized spacial score (nSPS) is 12.4. The summed E-state index contributed by atoms with van der Waals surface area (Å²) >= 11 is 0. The molecular weight excluding hydrogens is 264 g/mol. The van der Waals surface area contributed by atoms with Crippen LogP contribution in [0.4, 0.5) is 0 Å². The second-order valence-electron chi connectivity index (χ2n) is 4.38. The number of carboxylic acids is 1. The van der Waals surface area contributed by atoms with Gasteiger partial charge in [-0.3, -0.25) is 4.79 Å². The number of carbonyl (C=O) groups is 1. The van der Waals surface area contributed by atoms with E-state index in [4.69, 9.17) is 5.11 Å². The van der Waals surface area contributed by atoms with E-state index in [9.17, 15) is 13.2 Å². The molecule has 0 heterocycles. The lowest BCUT2D eigenvalue weighted by atomic mass is 10.0. The van der Waals surface area contributed by atoms with Gasteiger partial charge in [0, 0.05) is 6.26 Å². The van der Waals surface area contributed by atoms with Crippen LogP contribution in [-0.4, -0.2) is 25.7 Å². The van der Waals surface area contributed by atoms with Gasteiger partial charge in [-0.1, -0.05) is 31.6 Å². The third-order valence-corrected chi connectivity index (χ3v) is 3.79. The standard InChI is InChI=1S/C14H18O4S/c1-3-5-11(8-9-14(15)16)12-6-4-7-13(10-12)19(2,17)18/h4,6-8,10H,3,5,9H2,1-2H3,(H,15,16)/b11-8+. The van der Waals surface area contributed by atoms with Crippen molar-refractivity contribution in [3.05, 3.63) is 35.9 Å². The van der Waals surface area contributed by atoms with Gasteiger partial charge in [-0.15, -0.1) is 0 Å². The fourth-order valence-corrected chi connectivity index (χ4v) is 2.44. The van der Waals surface area contributed by atoms with Crippen molar-refractivity contribution in [2.75, 3.05) is 6.26 Å². The largest absolute Gasteiger partial charge is 0.481 e. The number of carboxylic acid groups (broad SMARTS) is 1. The molecule has 5 heteroatoms. The van der Waals surface area contributed by atoms with Crippen molar-refractivity contribution in [2.24, 2.45) is 0 Å². The van der Waals surface area contributed by atoms with Gasteiger partial charge < -0.3 is 5.11 Å². The maximum absolute atomic E-state index is 11.5. The lowest BCUT2D eigenvalue weighted by Crippen LogP contribution is -1.98. The molecule has 1 N–H and O–H groups in total. The first-order valence-electron chi connectivity index (χ1n) is 6.06. The number of hydrogen-bond donors (Lipinski definition) is 1. The molecule has 0 aliphatic carbocycles. The molecule has 0 radical (unpaired) electrons. The molecule has 0 atom stereocenters. The highest BCUT2D eigenvalue weighted by Gasteiger charge is 2.09. The molecule has 1 rings (SSSR count). The molecule has 0 amide bonds. The van der Waals surface area contributed by atoms with Crippen molar-refractivity contribution in [3.8, 4) is 0 Å². The van der Waals surface area contributed by atoms with Gasteiger partial charge in [0.15, 0.2) is 9.84 Å². The molecule has 0 aliphatic heterocycles. The smallest absolute Gasteiger partial charge is 0.307 e. The van der Waals surface area contributed by atoms with E-state index in [1.54, 1.807) is 30.3 Å². The number of allylic oxidation sites excluding steroid dienone is 1. The Hall–Kier alpha value is -1.62. The minimum absolute atomic E-state index is 0.0571. The predicted molar refractivity (Wildman–Crippen MR) is 74.7 cm³/mol. The van der Waals surface area contributed by atoms with E-state index in [1.165, 1.54) is 0 Å². The minimum Gasteiger partial charge on any atom is -0.481 e. The van der Waals surface area contributed by atoms with E-state index >= 15 is 0 Å². The summed E-state index contributed by atoms with van der Waals surface area (Å²) in [6.45, 7) is 2.00. The SMILES string of the molecule is CCC/C(=C\CC(=O)O)c1cccc(S(C)(=O)=O)c1. The Morgan fingerprint density at radius 1 is 1.37 bits per heavy atom. The predicted octanol–water partition coefficient (Wildman–Crippen LogP) is 2.75. The summed E-state index contributed by atoms with van der Waals surface area (Å²) in [6, 6.07) is 6.62. The molecular formula is C14H18O4S. The first-order valence-corrected chi connectivity index (χ1v) is 7.95. The molecule has 0 spiro atoms. The summed E-state index contributed by atoms with van der Waals surface area (Å²) in [6.07, 6.45) is 4.34. The fourth-order valence-electron chi connectivity index (χ4n) is 1.77. The lowest BCUT2D eigenvalue weighted by molar-refractivity contribution is -0.135. The van der Waals surface area contributed by atoms with Crippen molar-refractivity contribution in [1.29, 1.82) is 0 Å². The van der Waals surface area contributed by atoms with Crippen LogP contribution in [0.3, 0.4) is 0 Å². The topological polar surface area (TPSA) is 71.4 Å². The van der Waals surface area contributed by atoms with Crippen LogP contribution in [0.2, 0.25) is 0 Å². The number of hydrogen-bond acceptors (Lipinski definition) is 3. The summed E-state index contributed by atoms with van der Waals surface area (Å²) < 4.78 is 23.0. The van der Waals surface area contributed by atoms with Crippen LogP contribution in [0.25, 0.3) is 5.57 Å². The van der Waals surface area contributed by atoms with Crippen LogP contribution in [0.5, 0.6) is 0 Å². The Balaban J connectivity index is 3.16. The minimum atomic E-state index is -3.25. The second kappa shape index (κ2) is 6.52. The zero-order valence-electron chi connectivity index (χ0n) is 11.1. The van der Waals surface area contributed by atoms with Crippen molar-refractivity contribution in [1.82, 2.24) is 0 Å². The van der Waals surface area contributed by atoms with Gasteiger partial charge in [0.05, 0.1) is 11.3 Å². The van der Waals surface area contributed by atoms with Gasteiger partial charge in [-0.05, 0) is 29.7 Å². The van der Waals surface area contributed by atoms with Gasteiger partial charge in [-0.25, -0.2) is 8.42 Å². The van der Waals surface area contributed by atoms with Crippen LogP contribution in [0.15, 0.2) is 35.2 Å². The van der Waals surface area contributed by atoms with E-state index < -0.39 is 15.8 Å². The first-order chi connectivity index (χ1) is 8.84. The molecule has 4 nitrogen and oxygen atoms in total. The Labute approximate surface area is 113 Å². The molecule has 0 saturated heterocycles. The summed E-state index contributed by atoms with van der Waals surface area (Å²) in [5.74, 6) is -0.895. The Morgan fingerprint density at radius 3 is 2.58 bits per heavy atom. The van der Waals surface area contributed by atoms with E-state index in [-0.39, 0.29) is 11.3 Å². The van der Waals surface area contributed by atoms with Crippen molar-refractivity contribution in [3.63, 3.8) is 0 Å². The van der Waals surface area contributed by atoms with Crippen LogP contribution in [0, 0.1) is 0 Å². The molecule has 0 saturated carbocycles. The fraction of sp³-hybridized carbons (Fsp3) is 0.357. The van der Waals surface area contributed by atoms with Crippen LogP contribution in [-0.2, 0) is 14.6 Å². The molecule has 0 fully saturated rings. The van der Waals surface area contributed by atoms with E-state index in [0.29, 0.717) is 0 Å². The highest BCUT2D eigenvalue weighted by atomic mass is 32.2. The van der Waals surface area contributed by atoms with Crippen molar-refractivity contribution < 1.29 is 18.3 Å². The Morgan fingerprint density at radius 2 is 2.05 bits per heavy atom. The third-order valence-electron chi connectivity index (χ3n) is 2.68. The maximum Gasteiger partial charge on any atom is 0.307 e. The van der Waals surface area contributed by atoms with Gasteiger partial charge in [0.1, 0.15) is 0 Å². The average molecular weight is 282 g/mol. The van der Waals surface area contributed by atoms with Crippen LogP contribution < -0.4 is 0 Å². The van der Waals surface area contributed by atoms with Crippen LogP contribution >= 0.6 is 0 Å². The Bertz CT molecular complexity index is 585. The average Bonchev–Trinajstić information content (AvgIpc) is 2.33. The zero-order chi connectivity index (χ0) is 14.5. The Kier molecular flexibility index (Phi) is 5.30. The quantitative estimate of drug-likeness (QED) is 0.870. The number of aliphatic carboxylic acids is 1. The van der Waals surface area contributed by atoms with Gasteiger partial charge in [0.25, 0.3) is 0 Å². The van der Waals surface area contributed by atoms with E-state index in [1.807, 2.05) is 6.92 Å². The highest BCUT2D eigenvalue weighted by molar-refractivity contribution is 7.90. The molecule has 0 aliphatic rings. The zero-order valence-corrected chi connectivity index (χ0v) is 11.9. The third kappa shape index (κ3) is 4.87. The monoisotopic (exact) mass is 282 g/mol. The van der Waals surface area contributed by atoms with Gasteiger partial charge in [-0.2, -0.15) is 0 Å². The molecule has 0 aromatic heterocycles. The maximum atomic E-state index is 11.5. The molecule has 19 heavy (non-hydrogen) atoms. The summed E-state index contributed by atoms with van der Waals surface area (Å²) in [7, 11) is -3.25. The van der Waals surface area contributed by atoms with E-state index in [2.05, 4.69) is 0 Å². The molecule has 104 valence electrons. The summed E-state index contributed by atoms with van der Waals surface area (Å²) in [5, 5.41) is 8.72. The number of benzene rings is 1. The van der Waals surface area contributed by atoms with Crippen molar-refractivity contribution >= 4 is 21.4 Å². The van der Waals surface area contributed by atoms with Crippen LogP contribution in [0.1, 0.15) is 31.7 Å². The first kappa shape index (κ1) is 15.4. The van der Waals surface area contributed by atoms with Crippen molar-refractivity contribution in [2.45, 2.75) is 31.1 Å².